The van der Waals surface area contributed by atoms with E-state index in [1.54, 1.807) is 7.11 Å². The van der Waals surface area contributed by atoms with Gasteiger partial charge >= 0.3 is 0 Å². The number of imidazole rings is 1. The van der Waals surface area contributed by atoms with Crippen molar-refractivity contribution >= 4 is 22.4 Å². The number of fused-ring (bicyclic) bond motifs is 1. The van der Waals surface area contributed by atoms with Crippen LogP contribution in [0, 0.1) is 6.92 Å². The average molecular weight is 546 g/mol. The normalized spacial score (nSPS) is 11.7. The number of nitrogens with zero attached hydrogens (tertiary/aromatic N) is 2. The molecule has 0 amide bonds. The molecule has 0 unspecified atom stereocenters. The van der Waals surface area contributed by atoms with Gasteiger partial charge in [-0.2, -0.15) is 0 Å². The van der Waals surface area contributed by atoms with Crippen molar-refractivity contribution in [1.29, 1.82) is 0 Å². The van der Waals surface area contributed by atoms with Crippen LogP contribution in [0.5, 0.6) is 5.75 Å². The highest BCUT2D eigenvalue weighted by atomic mass is 16.5. The van der Waals surface area contributed by atoms with Crippen LogP contribution in [0.4, 0.5) is 11.4 Å². The molecule has 5 aromatic rings. The van der Waals surface area contributed by atoms with Crippen molar-refractivity contribution in [2.45, 2.75) is 66.2 Å². The lowest BCUT2D eigenvalue weighted by molar-refractivity contribution is 0.409. The van der Waals surface area contributed by atoms with Crippen LogP contribution in [0.3, 0.4) is 0 Å². The molecule has 4 heteroatoms. The molecule has 0 atom stereocenters. The van der Waals surface area contributed by atoms with Crippen LogP contribution < -0.4 is 10.1 Å². The number of aromatic nitrogens is 2. The van der Waals surface area contributed by atoms with E-state index in [1.807, 2.05) is 0 Å². The van der Waals surface area contributed by atoms with Gasteiger partial charge in [0.1, 0.15) is 17.1 Å². The van der Waals surface area contributed by atoms with Gasteiger partial charge in [-0.15, -0.1) is 0 Å². The highest BCUT2D eigenvalue weighted by Crippen LogP contribution is 2.42. The van der Waals surface area contributed by atoms with Gasteiger partial charge in [0.15, 0.2) is 0 Å². The molecule has 0 aliphatic rings. The summed E-state index contributed by atoms with van der Waals surface area (Å²) in [6.45, 7) is 15.6. The average Bonchev–Trinajstić information content (AvgIpc) is 3.28. The van der Waals surface area contributed by atoms with Crippen LogP contribution >= 0.6 is 0 Å². The molecule has 5 rings (SSSR count). The fourth-order valence-electron chi connectivity index (χ4n) is 5.96. The summed E-state index contributed by atoms with van der Waals surface area (Å²) in [6.07, 6.45) is 0. The zero-order chi connectivity index (χ0) is 29.4. The predicted molar refractivity (Wildman–Crippen MR) is 175 cm³/mol. The summed E-state index contributed by atoms with van der Waals surface area (Å²) in [4.78, 5) is 5.33. The number of benzene rings is 4. The van der Waals surface area contributed by atoms with Crippen molar-refractivity contribution in [3.8, 4) is 28.3 Å². The summed E-state index contributed by atoms with van der Waals surface area (Å²) < 4.78 is 8.22. The molecule has 4 aromatic carbocycles. The van der Waals surface area contributed by atoms with E-state index in [2.05, 4.69) is 138 Å². The summed E-state index contributed by atoms with van der Waals surface area (Å²) in [5.41, 5.74) is 12.6. The van der Waals surface area contributed by atoms with E-state index in [-0.39, 0.29) is 0 Å². The summed E-state index contributed by atoms with van der Waals surface area (Å²) in [7, 11) is 3.89. The Labute approximate surface area is 245 Å². The van der Waals surface area contributed by atoms with Crippen molar-refractivity contribution < 1.29 is 4.74 Å². The number of ether oxygens (including phenoxy) is 1. The van der Waals surface area contributed by atoms with Crippen molar-refractivity contribution in [1.82, 2.24) is 9.55 Å². The van der Waals surface area contributed by atoms with Gasteiger partial charge in [0, 0.05) is 23.9 Å². The Hall–Kier alpha value is -4.05. The van der Waals surface area contributed by atoms with Gasteiger partial charge in [-0.1, -0.05) is 102 Å². The minimum atomic E-state index is 0.355. The van der Waals surface area contributed by atoms with Crippen molar-refractivity contribution in [2.75, 3.05) is 12.4 Å². The van der Waals surface area contributed by atoms with Crippen LogP contribution in [-0.2, 0) is 7.05 Å². The standard InChI is InChI=1S/C37H43N3O/c1-22(2)26-16-12-17-27(23(3)4)34(26)38-32-20-25(7)21-33-35(32)39-37(40(33)8)31-15-11-10-14-29(31)30-19-13-18-28(24(5)6)36(30)41-9/h10-24,38H,1-9H3. The monoisotopic (exact) mass is 545 g/mol. The molecule has 0 saturated carbocycles. The predicted octanol–water partition coefficient (Wildman–Crippen LogP) is 10.3. The van der Waals surface area contributed by atoms with E-state index < -0.39 is 0 Å². The Morgan fingerprint density at radius 3 is 1.88 bits per heavy atom. The lowest BCUT2D eigenvalue weighted by Crippen LogP contribution is -2.04. The van der Waals surface area contributed by atoms with E-state index >= 15 is 0 Å². The van der Waals surface area contributed by atoms with Gasteiger partial charge in [0.2, 0.25) is 0 Å². The summed E-state index contributed by atoms with van der Waals surface area (Å²) >= 11 is 0. The van der Waals surface area contributed by atoms with Gasteiger partial charge < -0.3 is 14.6 Å². The lowest BCUT2D eigenvalue weighted by Gasteiger charge is -2.21. The first-order chi connectivity index (χ1) is 19.6. The van der Waals surface area contributed by atoms with E-state index in [9.17, 15) is 0 Å². The third-order valence-corrected chi connectivity index (χ3v) is 8.09. The number of para-hydroxylation sites is 2. The molecular formula is C37H43N3O. The third-order valence-electron chi connectivity index (χ3n) is 8.09. The lowest BCUT2D eigenvalue weighted by atomic mass is 9.92. The molecule has 1 N–H and O–H groups in total. The second-order valence-electron chi connectivity index (χ2n) is 12.0. The smallest absolute Gasteiger partial charge is 0.141 e. The quantitative estimate of drug-likeness (QED) is 0.211. The number of aryl methyl sites for hydroxylation is 2. The Balaban J connectivity index is 1.72. The molecule has 0 aliphatic heterocycles. The fraction of sp³-hybridized carbons (Fsp3) is 0.324. The van der Waals surface area contributed by atoms with Crippen LogP contribution in [0.1, 0.15) is 81.5 Å². The minimum absolute atomic E-state index is 0.355. The van der Waals surface area contributed by atoms with Gasteiger partial charge in [-0.05, 0) is 64.6 Å². The highest BCUT2D eigenvalue weighted by Gasteiger charge is 2.21. The van der Waals surface area contributed by atoms with Gasteiger partial charge in [0.25, 0.3) is 0 Å². The first-order valence-electron chi connectivity index (χ1n) is 14.8. The number of hydrogen-bond donors (Lipinski definition) is 1. The first kappa shape index (κ1) is 28.5. The maximum absolute atomic E-state index is 6.00. The Kier molecular flexibility index (Phi) is 7.95. The summed E-state index contributed by atoms with van der Waals surface area (Å²) in [6, 6.07) is 26.1. The Bertz CT molecular complexity index is 1680. The van der Waals surface area contributed by atoms with Crippen molar-refractivity contribution in [3.05, 3.63) is 95.1 Å². The van der Waals surface area contributed by atoms with Gasteiger partial charge in [-0.25, -0.2) is 4.98 Å². The zero-order valence-electron chi connectivity index (χ0n) is 26.0. The Morgan fingerprint density at radius 2 is 1.27 bits per heavy atom. The van der Waals surface area contributed by atoms with Crippen molar-refractivity contribution in [2.24, 2.45) is 7.05 Å². The second-order valence-corrected chi connectivity index (χ2v) is 12.0. The topological polar surface area (TPSA) is 39.1 Å². The second kappa shape index (κ2) is 11.4. The van der Waals surface area contributed by atoms with E-state index in [1.165, 1.54) is 27.9 Å². The van der Waals surface area contributed by atoms with Gasteiger partial charge in [-0.3, -0.25) is 0 Å². The molecule has 1 heterocycles. The molecule has 212 valence electrons. The molecule has 0 saturated heterocycles. The number of methoxy groups -OCH3 is 1. The molecule has 41 heavy (non-hydrogen) atoms. The molecule has 0 fully saturated rings. The maximum Gasteiger partial charge on any atom is 0.141 e. The third kappa shape index (κ3) is 5.24. The van der Waals surface area contributed by atoms with Crippen LogP contribution in [-0.4, -0.2) is 16.7 Å². The molecular weight excluding hydrogens is 502 g/mol. The number of nitrogens with one attached hydrogen (secondary N) is 1. The molecule has 0 bridgehead atoms. The maximum atomic E-state index is 6.00. The number of anilines is 2. The van der Waals surface area contributed by atoms with Gasteiger partial charge in [0.05, 0.1) is 18.3 Å². The number of hydrogen-bond acceptors (Lipinski definition) is 3. The number of rotatable bonds is 8. The molecule has 0 radical (unpaired) electrons. The minimum Gasteiger partial charge on any atom is -0.496 e. The van der Waals surface area contributed by atoms with E-state index in [4.69, 9.17) is 9.72 Å². The Morgan fingerprint density at radius 1 is 0.707 bits per heavy atom. The van der Waals surface area contributed by atoms with E-state index in [0.29, 0.717) is 17.8 Å². The summed E-state index contributed by atoms with van der Waals surface area (Å²) in [5.74, 6) is 3.02. The largest absolute Gasteiger partial charge is 0.496 e. The molecule has 0 spiro atoms. The fourth-order valence-corrected chi connectivity index (χ4v) is 5.96. The van der Waals surface area contributed by atoms with Crippen molar-refractivity contribution in [3.63, 3.8) is 0 Å². The first-order valence-corrected chi connectivity index (χ1v) is 14.8. The SMILES string of the molecule is COc1c(-c2ccccc2-c2nc3c(Nc4c(C(C)C)cccc4C(C)C)cc(C)cc3n2C)cccc1C(C)C. The summed E-state index contributed by atoms with van der Waals surface area (Å²) in [5, 5.41) is 3.87. The molecule has 1 aromatic heterocycles. The molecule has 4 nitrogen and oxygen atoms in total. The van der Waals surface area contributed by atoms with Crippen LogP contribution in [0.2, 0.25) is 0 Å². The van der Waals surface area contributed by atoms with E-state index in [0.717, 1.165) is 45.0 Å². The zero-order valence-corrected chi connectivity index (χ0v) is 26.0. The van der Waals surface area contributed by atoms with Crippen LogP contribution in [0.15, 0.2) is 72.8 Å². The molecule has 0 aliphatic carbocycles. The van der Waals surface area contributed by atoms with Crippen LogP contribution in [0.25, 0.3) is 33.5 Å². The highest BCUT2D eigenvalue weighted by molar-refractivity contribution is 5.96.